The number of halogens is 1. The van der Waals surface area contributed by atoms with Crippen LogP contribution in [0.5, 0.6) is 0 Å². The van der Waals surface area contributed by atoms with E-state index in [0.717, 1.165) is 12.3 Å². The van der Waals surface area contributed by atoms with Crippen LogP contribution in [-0.2, 0) is 15.6 Å². The van der Waals surface area contributed by atoms with E-state index in [1.807, 2.05) is 0 Å². The molecule has 1 heterocycles. The molecular formula is C10H15FN2O2S. The average Bonchev–Trinajstić information content (AvgIpc) is 1.96. The lowest BCUT2D eigenvalue weighted by atomic mass is 10.1. The summed E-state index contributed by atoms with van der Waals surface area (Å²) in [6, 6.07) is 1.16. The van der Waals surface area contributed by atoms with Crippen LogP contribution in [0.15, 0.2) is 18.5 Å². The Hall–Kier alpha value is -1.01. The van der Waals surface area contributed by atoms with Gasteiger partial charge in [0, 0.05) is 11.7 Å². The van der Waals surface area contributed by atoms with Gasteiger partial charge in [-0.2, -0.15) is 0 Å². The first kappa shape index (κ1) is 13.1. The van der Waals surface area contributed by atoms with Crippen LogP contribution in [0.1, 0.15) is 19.4 Å². The summed E-state index contributed by atoms with van der Waals surface area (Å²) >= 11 is 0. The quantitative estimate of drug-likeness (QED) is 0.855. The smallest absolute Gasteiger partial charge is 0.156 e. The summed E-state index contributed by atoms with van der Waals surface area (Å²) in [7, 11) is -3.34. The fraction of sp³-hybridized carbons (Fsp3) is 0.500. The van der Waals surface area contributed by atoms with Crippen LogP contribution in [0, 0.1) is 5.82 Å². The molecule has 0 spiro atoms. The minimum atomic E-state index is -3.34. The highest BCUT2D eigenvalue weighted by Crippen LogP contribution is 2.11. The number of rotatable bonds is 4. The topological polar surface area (TPSA) is 73.1 Å². The number of sulfone groups is 1. The maximum absolute atomic E-state index is 12.8. The molecule has 6 heteroatoms. The van der Waals surface area contributed by atoms with Crippen molar-refractivity contribution < 1.29 is 12.8 Å². The predicted octanol–water partition coefficient (Wildman–Crippen LogP) is 0.873. The van der Waals surface area contributed by atoms with Crippen molar-refractivity contribution in [3.63, 3.8) is 0 Å². The van der Waals surface area contributed by atoms with Crippen LogP contribution >= 0.6 is 0 Å². The molecule has 0 aliphatic carbocycles. The number of nitrogens with zero attached hydrogens (tertiary/aromatic N) is 1. The molecule has 1 aromatic rings. The zero-order chi connectivity index (χ0) is 12.4. The Morgan fingerprint density at radius 1 is 1.44 bits per heavy atom. The van der Waals surface area contributed by atoms with Crippen molar-refractivity contribution >= 4 is 9.84 Å². The van der Waals surface area contributed by atoms with Crippen LogP contribution in [0.2, 0.25) is 0 Å². The minimum Gasteiger partial charge on any atom is -0.325 e. The molecular weight excluding hydrogens is 231 g/mol. The van der Waals surface area contributed by atoms with Gasteiger partial charge in [-0.3, -0.25) is 4.98 Å². The molecule has 1 aromatic heterocycles. The molecule has 0 saturated heterocycles. The Morgan fingerprint density at radius 2 is 2.06 bits per heavy atom. The Balaban J connectivity index is 2.81. The van der Waals surface area contributed by atoms with Crippen molar-refractivity contribution in [3.05, 3.63) is 29.8 Å². The molecule has 0 unspecified atom stereocenters. The first-order valence-electron chi connectivity index (χ1n) is 4.77. The number of aromatic nitrogens is 1. The van der Waals surface area contributed by atoms with Gasteiger partial charge in [0.15, 0.2) is 9.84 Å². The highest BCUT2D eigenvalue weighted by atomic mass is 32.2. The van der Waals surface area contributed by atoms with E-state index in [2.05, 4.69) is 4.98 Å². The predicted molar refractivity (Wildman–Crippen MR) is 60.0 cm³/mol. The van der Waals surface area contributed by atoms with Crippen molar-refractivity contribution in [1.82, 2.24) is 4.98 Å². The molecule has 0 aliphatic rings. The van der Waals surface area contributed by atoms with E-state index >= 15 is 0 Å². The normalized spacial score (nSPS) is 12.8. The summed E-state index contributed by atoms with van der Waals surface area (Å²) in [5.74, 6) is -0.922. The van der Waals surface area contributed by atoms with Gasteiger partial charge in [0.1, 0.15) is 5.82 Å². The fourth-order valence-electron chi connectivity index (χ4n) is 1.41. The third kappa shape index (κ3) is 4.67. The van der Waals surface area contributed by atoms with E-state index in [9.17, 15) is 12.8 Å². The van der Waals surface area contributed by atoms with Gasteiger partial charge < -0.3 is 5.73 Å². The summed E-state index contributed by atoms with van der Waals surface area (Å²) in [6.45, 7) is 3.27. The number of hydrogen-bond acceptors (Lipinski definition) is 4. The lowest BCUT2D eigenvalue weighted by molar-refractivity contribution is 0.543. The van der Waals surface area contributed by atoms with E-state index in [4.69, 9.17) is 5.73 Å². The van der Waals surface area contributed by atoms with Crippen LogP contribution in [0.25, 0.3) is 0 Å². The summed E-state index contributed by atoms with van der Waals surface area (Å²) in [5.41, 5.74) is 5.18. The van der Waals surface area contributed by atoms with Crippen molar-refractivity contribution in [2.24, 2.45) is 5.73 Å². The summed E-state index contributed by atoms with van der Waals surface area (Å²) in [4.78, 5) is 3.59. The SMILES string of the molecule is CC(C)(N)CS(=O)(=O)Cc1cncc(F)c1. The molecule has 1 rings (SSSR count). The second-order valence-corrected chi connectivity index (χ2v) is 6.60. The lowest BCUT2D eigenvalue weighted by Crippen LogP contribution is -2.40. The van der Waals surface area contributed by atoms with Gasteiger partial charge in [0.2, 0.25) is 0 Å². The van der Waals surface area contributed by atoms with Gasteiger partial charge >= 0.3 is 0 Å². The molecule has 0 amide bonds. The van der Waals surface area contributed by atoms with E-state index < -0.39 is 21.2 Å². The van der Waals surface area contributed by atoms with Gasteiger partial charge in [-0.05, 0) is 25.5 Å². The van der Waals surface area contributed by atoms with Crippen molar-refractivity contribution in [2.45, 2.75) is 25.1 Å². The summed E-state index contributed by atoms with van der Waals surface area (Å²) in [5, 5.41) is 0. The maximum atomic E-state index is 12.8. The van der Waals surface area contributed by atoms with Gasteiger partial charge in [0.05, 0.1) is 17.7 Å². The molecule has 90 valence electrons. The third-order valence-electron chi connectivity index (χ3n) is 1.74. The van der Waals surface area contributed by atoms with Gasteiger partial charge in [0.25, 0.3) is 0 Å². The highest BCUT2D eigenvalue weighted by molar-refractivity contribution is 7.90. The first-order chi connectivity index (χ1) is 7.18. The van der Waals surface area contributed by atoms with Crippen molar-refractivity contribution in [3.8, 4) is 0 Å². The second kappa shape index (κ2) is 4.47. The lowest BCUT2D eigenvalue weighted by Gasteiger charge is -2.18. The molecule has 0 radical (unpaired) electrons. The molecule has 0 atom stereocenters. The van der Waals surface area contributed by atoms with E-state index in [0.29, 0.717) is 5.56 Å². The van der Waals surface area contributed by atoms with E-state index in [1.165, 1.54) is 6.20 Å². The van der Waals surface area contributed by atoms with Crippen molar-refractivity contribution in [1.29, 1.82) is 0 Å². The Bertz CT molecular complexity index is 466. The molecule has 4 nitrogen and oxygen atoms in total. The van der Waals surface area contributed by atoms with Gasteiger partial charge in [-0.15, -0.1) is 0 Å². The molecule has 16 heavy (non-hydrogen) atoms. The highest BCUT2D eigenvalue weighted by Gasteiger charge is 2.22. The zero-order valence-corrected chi connectivity index (χ0v) is 10.1. The second-order valence-electron chi connectivity index (χ2n) is 4.53. The molecule has 0 fully saturated rings. The monoisotopic (exact) mass is 246 g/mol. The number of nitrogens with two attached hydrogens (primary N) is 1. The minimum absolute atomic E-state index is 0.142. The van der Waals surface area contributed by atoms with Crippen LogP contribution in [0.3, 0.4) is 0 Å². The largest absolute Gasteiger partial charge is 0.325 e. The maximum Gasteiger partial charge on any atom is 0.156 e. The summed E-state index contributed by atoms with van der Waals surface area (Å²) < 4.78 is 36.2. The van der Waals surface area contributed by atoms with Gasteiger partial charge in [-0.1, -0.05) is 0 Å². The number of pyridine rings is 1. The average molecular weight is 246 g/mol. The molecule has 0 aromatic carbocycles. The fourth-order valence-corrected chi connectivity index (χ4v) is 3.31. The molecule has 0 saturated carbocycles. The van der Waals surface area contributed by atoms with Crippen LogP contribution in [0.4, 0.5) is 4.39 Å². The van der Waals surface area contributed by atoms with E-state index in [-0.39, 0.29) is 11.5 Å². The standard InChI is InChI=1S/C10H15FN2O2S/c1-10(2,12)7-16(14,15)6-8-3-9(11)5-13-4-8/h3-5H,6-7,12H2,1-2H3. The van der Waals surface area contributed by atoms with Gasteiger partial charge in [-0.25, -0.2) is 12.8 Å². The Morgan fingerprint density at radius 3 is 2.56 bits per heavy atom. The Kier molecular flexibility index (Phi) is 3.64. The van der Waals surface area contributed by atoms with E-state index in [1.54, 1.807) is 13.8 Å². The van der Waals surface area contributed by atoms with Crippen LogP contribution < -0.4 is 5.73 Å². The first-order valence-corrected chi connectivity index (χ1v) is 6.59. The molecule has 2 N–H and O–H groups in total. The zero-order valence-electron chi connectivity index (χ0n) is 9.27. The molecule has 0 aliphatic heterocycles. The van der Waals surface area contributed by atoms with Crippen LogP contribution in [-0.4, -0.2) is 24.7 Å². The third-order valence-corrected chi connectivity index (χ3v) is 3.70. The van der Waals surface area contributed by atoms with Crippen molar-refractivity contribution in [2.75, 3.05) is 5.75 Å². The molecule has 0 bridgehead atoms. The summed E-state index contributed by atoms with van der Waals surface area (Å²) in [6.07, 6.45) is 2.37. The number of hydrogen-bond donors (Lipinski definition) is 1. The Labute approximate surface area is 94.6 Å².